The number of β-lactam (4-membered cyclic amide) rings is 1. The van der Waals surface area contributed by atoms with E-state index in [0.29, 0.717) is 12.1 Å². The van der Waals surface area contributed by atoms with Crippen LogP contribution < -0.4 is 21.6 Å². The van der Waals surface area contributed by atoms with Crippen LogP contribution in [0.15, 0.2) is 41.6 Å². The van der Waals surface area contributed by atoms with Crippen molar-refractivity contribution >= 4 is 23.6 Å². The van der Waals surface area contributed by atoms with Crippen LogP contribution in [0.2, 0.25) is 0 Å². The Bertz CT molecular complexity index is 597. The first-order chi connectivity index (χ1) is 9.59. The van der Waals surface area contributed by atoms with Crippen LogP contribution in [0, 0.1) is 0 Å². The Morgan fingerprint density at radius 2 is 1.91 bits per heavy atom. The molecule has 3 rings (SSSR count). The highest BCUT2D eigenvalue weighted by atomic mass is 32.2. The van der Waals surface area contributed by atoms with Gasteiger partial charge in [-0.15, -0.1) is 11.8 Å². The Balaban J connectivity index is 0.00000161. The molecule has 2 aliphatic rings. The smallest absolute Gasteiger partial charge is 0.244 e. The van der Waals surface area contributed by atoms with Crippen LogP contribution in [0.3, 0.4) is 0 Å². The number of nitrogens with two attached hydrogens (primary N) is 1. The predicted molar refractivity (Wildman–Crippen MR) is 82.0 cm³/mol. The van der Waals surface area contributed by atoms with Crippen LogP contribution in [-0.4, -0.2) is 45.2 Å². The lowest BCUT2D eigenvalue weighted by Crippen LogP contribution is -2.73. The average molecular weight is 344 g/mol. The minimum Gasteiger partial charge on any atom is -0.548 e. The number of pyridine rings is 1. The van der Waals surface area contributed by atoms with E-state index in [9.17, 15) is 14.7 Å². The molecule has 1 saturated heterocycles. The summed E-state index contributed by atoms with van der Waals surface area (Å²) in [5.74, 6) is -1.60. The fourth-order valence-corrected chi connectivity index (χ4v) is 3.63. The van der Waals surface area contributed by atoms with Crippen molar-refractivity contribution in [3.63, 3.8) is 0 Å². The Morgan fingerprint density at radius 1 is 1.30 bits per heavy atom. The quantitative estimate of drug-likeness (QED) is 0.427. The number of carbonyl (C=O) groups is 2. The summed E-state index contributed by atoms with van der Waals surface area (Å²) in [6.45, 7) is 0.401. The molecule has 128 valence electrons. The Labute approximate surface area is 137 Å². The molecule has 9 nitrogen and oxygen atoms in total. The van der Waals surface area contributed by atoms with Crippen LogP contribution in [0.1, 0.15) is 0 Å². The molecule has 3 heterocycles. The molecule has 9 N–H and O–H groups in total. The van der Waals surface area contributed by atoms with E-state index in [1.54, 1.807) is 5.41 Å². The molecule has 1 amide bonds. The SMILES string of the molecule is N.N[C@@H]1C(=O)N2C(C(=O)[O-])C(C[n+]3ccccc3)=CS[C@H]12.O.O. The summed E-state index contributed by atoms with van der Waals surface area (Å²) in [4.78, 5) is 24.5. The van der Waals surface area contributed by atoms with Gasteiger partial charge in [-0.1, -0.05) is 6.07 Å². The monoisotopic (exact) mass is 344 g/mol. The van der Waals surface area contributed by atoms with Crippen molar-refractivity contribution in [1.29, 1.82) is 0 Å². The van der Waals surface area contributed by atoms with E-state index < -0.39 is 18.1 Å². The van der Waals surface area contributed by atoms with Gasteiger partial charge in [-0.25, -0.2) is 4.57 Å². The topological polar surface area (TPSA) is 188 Å². The van der Waals surface area contributed by atoms with Crippen molar-refractivity contribution in [2.24, 2.45) is 5.73 Å². The fraction of sp³-hybridized carbons (Fsp3) is 0.308. The Hall–Kier alpha value is -1.98. The van der Waals surface area contributed by atoms with Crippen molar-refractivity contribution in [3.05, 3.63) is 41.6 Å². The van der Waals surface area contributed by atoms with E-state index in [0.717, 1.165) is 0 Å². The second kappa shape index (κ2) is 8.04. The number of fused-ring (bicyclic) bond motifs is 1. The number of amides is 1. The Kier molecular flexibility index (Phi) is 7.34. The molecule has 0 aromatic carbocycles. The third kappa shape index (κ3) is 3.51. The standard InChI is InChI=1S/C13H13N3O3S.H3N.2H2O/c14-9-11(17)16-10(13(18)19)8(7-20-12(9)16)6-15-4-2-1-3-5-15;;;/h1-5,7,9-10,12H,6,14H2;1H3;2*1H2/t9-,10?,12-;;;/m1.../s1. The first kappa shape index (κ1) is 21.0. The summed E-state index contributed by atoms with van der Waals surface area (Å²) in [6, 6.07) is 3.95. The van der Waals surface area contributed by atoms with Crippen LogP contribution in [0.25, 0.3) is 0 Å². The van der Waals surface area contributed by atoms with Crippen LogP contribution in [-0.2, 0) is 16.1 Å². The van der Waals surface area contributed by atoms with E-state index in [-0.39, 0.29) is 28.4 Å². The van der Waals surface area contributed by atoms with E-state index in [4.69, 9.17) is 5.73 Å². The van der Waals surface area contributed by atoms with E-state index in [1.807, 2.05) is 35.2 Å². The number of carbonyl (C=O) groups excluding carboxylic acids is 2. The highest BCUT2D eigenvalue weighted by molar-refractivity contribution is 8.02. The van der Waals surface area contributed by atoms with Gasteiger partial charge in [-0.05, 0) is 5.41 Å². The summed E-state index contributed by atoms with van der Waals surface area (Å²) in [5.41, 5.74) is 6.30. The molecular weight excluding hydrogens is 324 g/mol. The normalized spacial score (nSPS) is 24.7. The molecule has 2 aliphatic heterocycles. The minimum absolute atomic E-state index is 0. The summed E-state index contributed by atoms with van der Waals surface area (Å²) >= 11 is 1.39. The van der Waals surface area contributed by atoms with Crippen LogP contribution >= 0.6 is 11.8 Å². The first-order valence-electron chi connectivity index (χ1n) is 6.16. The zero-order chi connectivity index (χ0) is 14.3. The number of carboxylic acid groups (broad SMARTS) is 1. The molecule has 0 aliphatic carbocycles. The van der Waals surface area contributed by atoms with E-state index >= 15 is 0 Å². The second-order valence-corrected chi connectivity index (χ2v) is 5.75. The molecular formula is C13H20N4O5S. The van der Waals surface area contributed by atoms with E-state index in [2.05, 4.69) is 0 Å². The number of rotatable bonds is 3. The summed E-state index contributed by atoms with van der Waals surface area (Å²) in [7, 11) is 0. The number of aliphatic carboxylic acids is 1. The number of hydrogen-bond donors (Lipinski definition) is 2. The number of thioether (sulfide) groups is 1. The second-order valence-electron chi connectivity index (χ2n) is 4.76. The van der Waals surface area contributed by atoms with Crippen molar-refractivity contribution < 1.29 is 30.2 Å². The van der Waals surface area contributed by atoms with Crippen molar-refractivity contribution in [1.82, 2.24) is 11.1 Å². The zero-order valence-corrected chi connectivity index (χ0v) is 13.0. The summed E-state index contributed by atoms with van der Waals surface area (Å²) in [6.07, 6.45) is 3.68. The number of aromatic nitrogens is 1. The molecule has 0 bridgehead atoms. The molecule has 3 atom stereocenters. The molecule has 0 spiro atoms. The maximum atomic E-state index is 11.8. The van der Waals surface area contributed by atoms with Gasteiger partial charge in [0.2, 0.25) is 5.91 Å². The molecule has 10 heteroatoms. The zero-order valence-electron chi connectivity index (χ0n) is 12.2. The minimum atomic E-state index is -1.27. The number of carboxylic acids is 1. The molecule has 0 saturated carbocycles. The molecule has 1 aromatic rings. The predicted octanol–water partition coefficient (Wildman–Crippen LogP) is -3.27. The van der Waals surface area contributed by atoms with Crippen molar-refractivity contribution in [3.8, 4) is 0 Å². The summed E-state index contributed by atoms with van der Waals surface area (Å²) < 4.78 is 1.85. The number of nitrogens with zero attached hydrogens (tertiary/aromatic N) is 2. The van der Waals surface area contributed by atoms with Gasteiger partial charge in [-0.2, -0.15) is 0 Å². The van der Waals surface area contributed by atoms with Gasteiger partial charge in [0.1, 0.15) is 17.5 Å². The highest BCUT2D eigenvalue weighted by Gasteiger charge is 2.52. The molecule has 0 radical (unpaired) electrons. The third-order valence-electron chi connectivity index (χ3n) is 3.47. The summed E-state index contributed by atoms with van der Waals surface area (Å²) in [5, 5.41) is 12.9. The number of hydrogen-bond acceptors (Lipinski definition) is 6. The van der Waals surface area contributed by atoms with Gasteiger partial charge in [0.25, 0.3) is 0 Å². The molecule has 1 unspecified atom stereocenters. The van der Waals surface area contributed by atoms with Gasteiger partial charge < -0.3 is 37.6 Å². The van der Waals surface area contributed by atoms with Crippen molar-refractivity contribution in [2.75, 3.05) is 0 Å². The third-order valence-corrected chi connectivity index (χ3v) is 4.71. The van der Waals surface area contributed by atoms with Crippen LogP contribution in [0.4, 0.5) is 0 Å². The van der Waals surface area contributed by atoms with Gasteiger partial charge in [0.15, 0.2) is 18.9 Å². The lowest BCUT2D eigenvalue weighted by Gasteiger charge is -2.51. The lowest BCUT2D eigenvalue weighted by atomic mass is 9.98. The van der Waals surface area contributed by atoms with Gasteiger partial charge in [0, 0.05) is 17.7 Å². The fourth-order valence-electron chi connectivity index (χ4n) is 2.47. The largest absolute Gasteiger partial charge is 0.548 e. The lowest BCUT2D eigenvalue weighted by molar-refractivity contribution is -0.689. The van der Waals surface area contributed by atoms with Crippen molar-refractivity contribution in [2.45, 2.75) is 24.0 Å². The van der Waals surface area contributed by atoms with Crippen LogP contribution in [0.5, 0.6) is 0 Å². The maximum Gasteiger partial charge on any atom is 0.244 e. The average Bonchev–Trinajstić information content (AvgIpc) is 2.46. The van der Waals surface area contributed by atoms with Gasteiger partial charge in [-0.3, -0.25) is 4.79 Å². The van der Waals surface area contributed by atoms with E-state index in [1.165, 1.54) is 16.7 Å². The molecule has 1 aromatic heterocycles. The van der Waals surface area contributed by atoms with Gasteiger partial charge in [0.05, 0.1) is 5.97 Å². The Morgan fingerprint density at radius 3 is 2.48 bits per heavy atom. The maximum absolute atomic E-state index is 11.8. The highest BCUT2D eigenvalue weighted by Crippen LogP contribution is 2.38. The first-order valence-corrected chi connectivity index (χ1v) is 7.11. The van der Waals surface area contributed by atoms with Gasteiger partial charge >= 0.3 is 0 Å². The molecule has 23 heavy (non-hydrogen) atoms. The molecule has 1 fully saturated rings.